The SMILES string of the molecule is CC(C)(C[C@H](c1ccsc1)C1CCCC1)S(N)=O. The van der Waals surface area contributed by atoms with Crippen LogP contribution < -0.4 is 5.14 Å². The molecule has 1 aromatic heterocycles. The highest BCUT2D eigenvalue weighted by Crippen LogP contribution is 2.42. The molecular formula is C14H23NOS2. The zero-order valence-corrected chi connectivity index (χ0v) is 12.9. The minimum Gasteiger partial charge on any atom is -0.251 e. The van der Waals surface area contributed by atoms with Crippen molar-refractivity contribution in [1.29, 1.82) is 0 Å². The summed E-state index contributed by atoms with van der Waals surface area (Å²) in [6, 6.07) is 2.23. The van der Waals surface area contributed by atoms with Gasteiger partial charge in [0.05, 0.1) is 15.7 Å². The van der Waals surface area contributed by atoms with Gasteiger partial charge in [0.15, 0.2) is 0 Å². The van der Waals surface area contributed by atoms with Crippen LogP contribution in [0.5, 0.6) is 0 Å². The summed E-state index contributed by atoms with van der Waals surface area (Å²) in [5, 5.41) is 10.0. The van der Waals surface area contributed by atoms with Crippen LogP contribution in [0, 0.1) is 5.92 Å². The van der Waals surface area contributed by atoms with Crippen LogP contribution in [0.2, 0.25) is 0 Å². The summed E-state index contributed by atoms with van der Waals surface area (Å²) in [6.45, 7) is 4.05. The van der Waals surface area contributed by atoms with E-state index in [0.717, 1.165) is 12.3 Å². The number of hydrogen-bond donors (Lipinski definition) is 1. The summed E-state index contributed by atoms with van der Waals surface area (Å²) in [4.78, 5) is 0. The van der Waals surface area contributed by atoms with Crippen LogP contribution in [0.15, 0.2) is 16.8 Å². The maximum absolute atomic E-state index is 11.7. The van der Waals surface area contributed by atoms with Crippen molar-refractivity contribution in [2.75, 3.05) is 0 Å². The molecule has 2 nitrogen and oxygen atoms in total. The van der Waals surface area contributed by atoms with E-state index in [1.165, 1.54) is 31.2 Å². The van der Waals surface area contributed by atoms with Crippen molar-refractivity contribution in [2.45, 2.75) is 56.6 Å². The summed E-state index contributed by atoms with van der Waals surface area (Å²) < 4.78 is 11.4. The van der Waals surface area contributed by atoms with Gasteiger partial charge in [-0.25, -0.2) is 4.21 Å². The van der Waals surface area contributed by atoms with Gasteiger partial charge in [0.1, 0.15) is 0 Å². The Morgan fingerprint density at radius 2 is 2.17 bits per heavy atom. The van der Waals surface area contributed by atoms with E-state index in [4.69, 9.17) is 5.14 Å². The van der Waals surface area contributed by atoms with Gasteiger partial charge in [-0.2, -0.15) is 11.3 Å². The van der Waals surface area contributed by atoms with Gasteiger partial charge in [0.25, 0.3) is 0 Å². The van der Waals surface area contributed by atoms with Crippen LogP contribution >= 0.6 is 11.3 Å². The van der Waals surface area contributed by atoms with Crippen molar-refractivity contribution in [3.8, 4) is 0 Å². The van der Waals surface area contributed by atoms with Crippen LogP contribution in [-0.4, -0.2) is 8.96 Å². The Morgan fingerprint density at radius 1 is 1.50 bits per heavy atom. The Bertz CT molecular complexity index is 394. The first-order valence-electron chi connectivity index (χ1n) is 6.69. The van der Waals surface area contributed by atoms with Gasteiger partial charge in [0, 0.05) is 0 Å². The van der Waals surface area contributed by atoms with Crippen molar-refractivity contribution in [1.82, 2.24) is 0 Å². The fourth-order valence-electron chi connectivity index (χ4n) is 3.01. The third kappa shape index (κ3) is 3.22. The predicted molar refractivity (Wildman–Crippen MR) is 80.0 cm³/mol. The summed E-state index contributed by atoms with van der Waals surface area (Å²) in [7, 11) is -1.25. The summed E-state index contributed by atoms with van der Waals surface area (Å²) in [6.07, 6.45) is 6.24. The number of thiophene rings is 1. The molecule has 0 radical (unpaired) electrons. The van der Waals surface area contributed by atoms with Gasteiger partial charge in [-0.15, -0.1) is 0 Å². The molecule has 2 rings (SSSR count). The molecule has 0 bridgehead atoms. The summed E-state index contributed by atoms with van der Waals surface area (Å²) in [5.74, 6) is 1.28. The van der Waals surface area contributed by atoms with Crippen LogP contribution in [0.4, 0.5) is 0 Å². The van der Waals surface area contributed by atoms with Gasteiger partial charge in [-0.1, -0.05) is 12.8 Å². The Morgan fingerprint density at radius 3 is 2.67 bits per heavy atom. The quantitative estimate of drug-likeness (QED) is 0.878. The molecule has 0 amide bonds. The van der Waals surface area contributed by atoms with Gasteiger partial charge < -0.3 is 0 Å². The molecule has 1 unspecified atom stereocenters. The second-order valence-electron chi connectivity index (χ2n) is 5.97. The van der Waals surface area contributed by atoms with E-state index in [1.807, 2.05) is 13.8 Å². The fraction of sp³-hybridized carbons (Fsp3) is 0.714. The average Bonchev–Trinajstić information content (AvgIpc) is 2.99. The van der Waals surface area contributed by atoms with E-state index in [0.29, 0.717) is 5.92 Å². The van der Waals surface area contributed by atoms with Crippen molar-refractivity contribution in [2.24, 2.45) is 11.1 Å². The lowest BCUT2D eigenvalue weighted by atomic mass is 9.80. The van der Waals surface area contributed by atoms with Crippen LogP contribution in [0.1, 0.15) is 57.4 Å². The molecule has 1 saturated carbocycles. The Labute approximate surface area is 117 Å². The maximum atomic E-state index is 11.7. The van der Waals surface area contributed by atoms with E-state index in [-0.39, 0.29) is 4.75 Å². The van der Waals surface area contributed by atoms with Crippen molar-refractivity contribution in [3.05, 3.63) is 22.4 Å². The lowest BCUT2D eigenvalue weighted by Crippen LogP contribution is -2.34. The lowest BCUT2D eigenvalue weighted by molar-refractivity contribution is 0.381. The van der Waals surface area contributed by atoms with Crippen LogP contribution in [-0.2, 0) is 11.0 Å². The molecule has 1 fully saturated rings. The lowest BCUT2D eigenvalue weighted by Gasteiger charge is -2.31. The number of rotatable bonds is 5. The topological polar surface area (TPSA) is 43.1 Å². The fourth-order valence-corrected chi connectivity index (χ4v) is 4.08. The van der Waals surface area contributed by atoms with Gasteiger partial charge in [-0.3, -0.25) is 5.14 Å². The minimum atomic E-state index is -1.25. The third-order valence-corrected chi connectivity index (χ3v) is 6.15. The molecule has 0 aliphatic heterocycles. The number of nitrogens with two attached hydrogens (primary N) is 1. The third-order valence-electron chi connectivity index (χ3n) is 4.20. The zero-order valence-electron chi connectivity index (χ0n) is 11.2. The van der Waals surface area contributed by atoms with Gasteiger partial charge >= 0.3 is 0 Å². The average molecular weight is 285 g/mol. The van der Waals surface area contributed by atoms with E-state index in [2.05, 4.69) is 16.8 Å². The van der Waals surface area contributed by atoms with E-state index in [1.54, 1.807) is 11.3 Å². The standard InChI is InChI=1S/C14H23NOS2/c1-14(2,18(15)16)9-13(11-5-3-4-6-11)12-7-8-17-10-12/h7-8,10-11,13H,3-6,9,15H2,1-2H3/t13-,18?/m0/s1. The van der Waals surface area contributed by atoms with Crippen molar-refractivity contribution in [3.63, 3.8) is 0 Å². The Hall–Kier alpha value is -0.190. The maximum Gasteiger partial charge on any atom is 0.0945 e. The molecule has 1 aliphatic carbocycles. The van der Waals surface area contributed by atoms with Gasteiger partial charge in [-0.05, 0) is 67.3 Å². The highest BCUT2D eigenvalue weighted by Gasteiger charge is 2.34. The van der Waals surface area contributed by atoms with E-state index in [9.17, 15) is 4.21 Å². The Balaban J connectivity index is 2.17. The van der Waals surface area contributed by atoms with Crippen molar-refractivity contribution < 1.29 is 4.21 Å². The monoisotopic (exact) mass is 285 g/mol. The molecule has 1 aliphatic rings. The predicted octanol–water partition coefficient (Wildman–Crippen LogP) is 3.81. The van der Waals surface area contributed by atoms with Crippen LogP contribution in [0.25, 0.3) is 0 Å². The van der Waals surface area contributed by atoms with Crippen molar-refractivity contribution >= 4 is 22.3 Å². The minimum absolute atomic E-state index is 0.296. The number of hydrogen-bond acceptors (Lipinski definition) is 2. The molecular weight excluding hydrogens is 262 g/mol. The molecule has 4 heteroatoms. The molecule has 0 spiro atoms. The van der Waals surface area contributed by atoms with E-state index < -0.39 is 11.0 Å². The molecule has 1 heterocycles. The van der Waals surface area contributed by atoms with Gasteiger partial charge in [0.2, 0.25) is 0 Å². The van der Waals surface area contributed by atoms with E-state index >= 15 is 0 Å². The highest BCUT2D eigenvalue weighted by atomic mass is 32.2. The molecule has 0 aromatic carbocycles. The zero-order chi connectivity index (χ0) is 13.2. The molecule has 2 atom stereocenters. The first kappa shape index (κ1) is 14.2. The summed E-state index contributed by atoms with van der Waals surface area (Å²) in [5.41, 5.74) is 1.42. The smallest absolute Gasteiger partial charge is 0.0945 e. The summed E-state index contributed by atoms with van der Waals surface area (Å²) >= 11 is 1.75. The first-order valence-corrected chi connectivity index (χ1v) is 8.84. The molecule has 2 N–H and O–H groups in total. The molecule has 102 valence electrons. The second-order valence-corrected chi connectivity index (χ2v) is 8.45. The molecule has 18 heavy (non-hydrogen) atoms. The Kier molecular flexibility index (Phi) is 4.62. The highest BCUT2D eigenvalue weighted by molar-refractivity contribution is 7.84. The molecule has 1 aromatic rings. The molecule has 0 saturated heterocycles. The normalized spacial score (nSPS) is 21.1. The van der Waals surface area contributed by atoms with Crippen LogP contribution in [0.3, 0.4) is 0 Å². The first-order chi connectivity index (χ1) is 8.50. The largest absolute Gasteiger partial charge is 0.251 e. The second kappa shape index (κ2) is 5.85.